The number of H-pyrrole nitrogens is 1. The van der Waals surface area contributed by atoms with Crippen LogP contribution in [0.2, 0.25) is 0 Å². The molecule has 0 radical (unpaired) electrons. The molecule has 3 aromatic rings. The van der Waals surface area contributed by atoms with Crippen molar-refractivity contribution in [2.45, 2.75) is 24.3 Å². The van der Waals surface area contributed by atoms with Gasteiger partial charge in [0.1, 0.15) is 17.4 Å². The second-order valence-electron chi connectivity index (χ2n) is 7.66. The maximum atomic E-state index is 14.2. The summed E-state index contributed by atoms with van der Waals surface area (Å²) >= 11 is 0. The Morgan fingerprint density at radius 2 is 1.83 bits per heavy atom. The smallest absolute Gasteiger partial charge is 0.179 e. The zero-order valence-corrected chi connectivity index (χ0v) is 17.2. The molecule has 2 aromatic carbocycles. The fourth-order valence-corrected chi connectivity index (χ4v) is 5.93. The van der Waals surface area contributed by atoms with Crippen molar-refractivity contribution in [3.8, 4) is 17.0 Å². The molecular formula is C22H20F2N2O3S. The maximum Gasteiger partial charge on any atom is 0.179 e. The third-order valence-corrected chi connectivity index (χ3v) is 7.69. The van der Waals surface area contributed by atoms with E-state index in [1.165, 1.54) is 25.3 Å². The van der Waals surface area contributed by atoms with Crippen molar-refractivity contribution < 1.29 is 21.9 Å². The Morgan fingerprint density at radius 3 is 2.57 bits per heavy atom. The van der Waals surface area contributed by atoms with Gasteiger partial charge in [-0.15, -0.1) is 0 Å². The monoisotopic (exact) mass is 430 g/mol. The predicted molar refractivity (Wildman–Crippen MR) is 110 cm³/mol. The highest BCUT2D eigenvalue weighted by Gasteiger charge is 2.30. The molecule has 0 saturated carbocycles. The highest BCUT2D eigenvalue weighted by molar-refractivity contribution is 7.91. The van der Waals surface area contributed by atoms with Gasteiger partial charge < -0.3 is 14.6 Å². The molecule has 0 unspecified atom stereocenters. The summed E-state index contributed by atoms with van der Waals surface area (Å²) in [5.74, 6) is -0.577. The first-order valence-electron chi connectivity index (χ1n) is 9.71. The van der Waals surface area contributed by atoms with Gasteiger partial charge in [0.2, 0.25) is 0 Å². The van der Waals surface area contributed by atoms with Crippen LogP contribution >= 0.6 is 0 Å². The molecule has 0 fully saturated rings. The number of sulfone groups is 1. The zero-order valence-electron chi connectivity index (χ0n) is 16.3. The quantitative estimate of drug-likeness (QED) is 0.686. The summed E-state index contributed by atoms with van der Waals surface area (Å²) < 4.78 is 58.3. The number of anilines is 1. The minimum Gasteiger partial charge on any atom is -0.495 e. The Kier molecular flexibility index (Phi) is 4.36. The average molecular weight is 430 g/mol. The van der Waals surface area contributed by atoms with E-state index in [4.69, 9.17) is 4.74 Å². The molecule has 1 N–H and O–H groups in total. The molecule has 0 saturated heterocycles. The molecule has 2 aliphatic heterocycles. The first kappa shape index (κ1) is 19.1. The summed E-state index contributed by atoms with van der Waals surface area (Å²) in [6.07, 6.45) is 1.17. The van der Waals surface area contributed by atoms with Crippen molar-refractivity contribution in [3.05, 3.63) is 64.9 Å². The minimum atomic E-state index is -3.24. The molecule has 2 aliphatic rings. The van der Waals surface area contributed by atoms with Crippen molar-refractivity contribution in [1.82, 2.24) is 4.98 Å². The van der Waals surface area contributed by atoms with Gasteiger partial charge in [-0.05, 0) is 41.8 Å². The summed E-state index contributed by atoms with van der Waals surface area (Å²) in [6.45, 7) is 1.21. The Bertz CT molecular complexity index is 1250. The van der Waals surface area contributed by atoms with E-state index >= 15 is 0 Å². The number of rotatable bonds is 3. The number of aryl methyl sites for hydroxylation is 1. The van der Waals surface area contributed by atoms with Crippen LogP contribution in [0.3, 0.4) is 0 Å². The van der Waals surface area contributed by atoms with Crippen LogP contribution in [0.25, 0.3) is 11.3 Å². The van der Waals surface area contributed by atoms with Crippen LogP contribution in [0.5, 0.6) is 5.75 Å². The van der Waals surface area contributed by atoms with Gasteiger partial charge in [-0.2, -0.15) is 0 Å². The lowest BCUT2D eigenvalue weighted by atomic mass is 10.0. The Morgan fingerprint density at radius 1 is 1.07 bits per heavy atom. The van der Waals surface area contributed by atoms with E-state index in [9.17, 15) is 17.2 Å². The zero-order chi connectivity index (χ0) is 21.0. The standard InChI is InChI=1S/C22H20F2N2O3S/c1-29-20-11-21-13(6-8-30(21,27)28)10-19(20)26-7-5-17-14(12-26)9-18(25-17)22-15(23)3-2-4-16(22)24/h2-4,9-11,25H,5-8,12H2,1H3. The number of benzene rings is 2. The average Bonchev–Trinajstić information content (AvgIpc) is 3.26. The molecule has 5 nitrogen and oxygen atoms in total. The SMILES string of the molecule is COc1cc2c(cc1N1CCc3[nH]c(-c4c(F)cccc4F)cc3C1)CCS2(=O)=O. The van der Waals surface area contributed by atoms with Gasteiger partial charge in [0.25, 0.3) is 0 Å². The summed E-state index contributed by atoms with van der Waals surface area (Å²) in [5, 5.41) is 0. The van der Waals surface area contributed by atoms with Crippen molar-refractivity contribution >= 4 is 15.5 Å². The van der Waals surface area contributed by atoms with Crippen LogP contribution in [0.1, 0.15) is 16.8 Å². The second-order valence-corrected chi connectivity index (χ2v) is 9.73. The molecule has 5 rings (SSSR count). The molecule has 1 aromatic heterocycles. The van der Waals surface area contributed by atoms with Gasteiger partial charge in [0, 0.05) is 31.3 Å². The van der Waals surface area contributed by atoms with Gasteiger partial charge >= 0.3 is 0 Å². The van der Waals surface area contributed by atoms with Crippen molar-refractivity contribution in [2.24, 2.45) is 0 Å². The molecule has 0 bridgehead atoms. The van der Waals surface area contributed by atoms with Gasteiger partial charge in [-0.3, -0.25) is 0 Å². The lowest BCUT2D eigenvalue weighted by Gasteiger charge is -2.30. The van der Waals surface area contributed by atoms with Crippen molar-refractivity contribution in [1.29, 1.82) is 0 Å². The maximum absolute atomic E-state index is 14.2. The Balaban J connectivity index is 1.51. The number of fused-ring (bicyclic) bond motifs is 2. The number of halogens is 2. The fraction of sp³-hybridized carbons (Fsp3) is 0.273. The first-order valence-corrected chi connectivity index (χ1v) is 11.4. The van der Waals surface area contributed by atoms with Gasteiger partial charge in [0.05, 0.1) is 34.7 Å². The fourth-order valence-electron chi connectivity index (χ4n) is 4.37. The molecule has 0 atom stereocenters. The van der Waals surface area contributed by atoms with Gasteiger partial charge in [0.15, 0.2) is 9.84 Å². The summed E-state index contributed by atoms with van der Waals surface area (Å²) in [5.41, 5.74) is 3.91. The van der Waals surface area contributed by atoms with E-state index in [-0.39, 0.29) is 11.3 Å². The van der Waals surface area contributed by atoms with Crippen LogP contribution in [-0.2, 0) is 29.2 Å². The van der Waals surface area contributed by atoms with Crippen molar-refractivity contribution in [2.75, 3.05) is 24.3 Å². The molecule has 0 aliphatic carbocycles. The third kappa shape index (κ3) is 2.98. The molecule has 156 valence electrons. The van der Waals surface area contributed by atoms with Crippen LogP contribution < -0.4 is 9.64 Å². The normalized spacial score (nSPS) is 17.0. The summed E-state index contributed by atoms with van der Waals surface area (Å²) in [4.78, 5) is 5.63. The van der Waals surface area contributed by atoms with E-state index in [2.05, 4.69) is 9.88 Å². The second kappa shape index (κ2) is 6.84. The number of hydrogen-bond acceptors (Lipinski definition) is 4. The third-order valence-electron chi connectivity index (χ3n) is 5.89. The van der Waals surface area contributed by atoms with E-state index in [1.54, 1.807) is 12.1 Å². The topological polar surface area (TPSA) is 62.4 Å². The summed E-state index contributed by atoms with van der Waals surface area (Å²) in [6, 6.07) is 9.13. The van der Waals surface area contributed by atoms with Gasteiger partial charge in [-0.25, -0.2) is 17.2 Å². The van der Waals surface area contributed by atoms with Crippen LogP contribution in [0, 0.1) is 11.6 Å². The Hall–Kier alpha value is -2.87. The number of aromatic nitrogens is 1. The molecule has 3 heterocycles. The number of hydrogen-bond donors (Lipinski definition) is 1. The van der Waals surface area contributed by atoms with E-state index in [0.29, 0.717) is 42.3 Å². The van der Waals surface area contributed by atoms with Gasteiger partial charge in [-0.1, -0.05) is 6.07 Å². The molecule has 8 heteroatoms. The van der Waals surface area contributed by atoms with Crippen LogP contribution in [-0.4, -0.2) is 32.8 Å². The number of methoxy groups -OCH3 is 1. The number of nitrogens with one attached hydrogen (secondary N) is 1. The molecular weight excluding hydrogens is 410 g/mol. The Labute approximate surface area is 173 Å². The largest absolute Gasteiger partial charge is 0.495 e. The highest BCUT2D eigenvalue weighted by Crippen LogP contribution is 2.39. The predicted octanol–water partition coefficient (Wildman–Crippen LogP) is 3.86. The van der Waals surface area contributed by atoms with Crippen molar-refractivity contribution in [3.63, 3.8) is 0 Å². The van der Waals surface area contributed by atoms with E-state index < -0.39 is 21.5 Å². The van der Waals surface area contributed by atoms with E-state index in [1.807, 2.05) is 6.07 Å². The number of aromatic amines is 1. The summed E-state index contributed by atoms with van der Waals surface area (Å²) in [7, 11) is -1.72. The lowest BCUT2D eigenvalue weighted by Crippen LogP contribution is -2.30. The van der Waals surface area contributed by atoms with Crippen LogP contribution in [0.4, 0.5) is 14.5 Å². The molecule has 0 spiro atoms. The highest BCUT2D eigenvalue weighted by atomic mass is 32.2. The first-order chi connectivity index (χ1) is 14.4. The minimum absolute atomic E-state index is 0.0567. The van der Waals surface area contributed by atoms with E-state index in [0.717, 1.165) is 22.5 Å². The van der Waals surface area contributed by atoms with Crippen LogP contribution in [0.15, 0.2) is 41.3 Å². The lowest BCUT2D eigenvalue weighted by molar-refractivity contribution is 0.412. The molecule has 30 heavy (non-hydrogen) atoms. The number of ether oxygens (including phenoxy) is 1. The number of nitrogens with zero attached hydrogens (tertiary/aromatic N) is 1. The molecule has 0 amide bonds.